The molecule has 1 saturated heterocycles. The van der Waals surface area contributed by atoms with E-state index in [0.717, 1.165) is 0 Å². The first-order valence-corrected chi connectivity index (χ1v) is 6.86. The van der Waals surface area contributed by atoms with Crippen LogP contribution in [0.15, 0.2) is 30.3 Å². The molecule has 104 valence electrons. The summed E-state index contributed by atoms with van der Waals surface area (Å²) in [7, 11) is 0. The fourth-order valence-electron chi connectivity index (χ4n) is 2.64. The smallest absolute Gasteiger partial charge is 0.223 e. The number of nitrogens with zero attached hydrogens (tertiary/aromatic N) is 1. The highest BCUT2D eigenvalue weighted by Gasteiger charge is 2.36. The van der Waals surface area contributed by atoms with Gasteiger partial charge in [-0.25, -0.2) is 0 Å². The van der Waals surface area contributed by atoms with Crippen LogP contribution in [0.3, 0.4) is 0 Å². The quantitative estimate of drug-likeness (QED) is 0.907. The second-order valence-corrected chi connectivity index (χ2v) is 6.49. The number of likely N-dealkylation sites (tertiary alicyclic amines) is 1. The van der Waals surface area contributed by atoms with Gasteiger partial charge in [0.1, 0.15) is 0 Å². The molecule has 3 nitrogen and oxygen atoms in total. The van der Waals surface area contributed by atoms with E-state index >= 15 is 0 Å². The van der Waals surface area contributed by atoms with Crippen molar-refractivity contribution in [1.29, 1.82) is 0 Å². The van der Waals surface area contributed by atoms with E-state index in [9.17, 15) is 9.90 Å². The molecule has 1 fully saturated rings. The standard InChI is InChI=1S/C16H23NO2/c1-15(2,13-7-5-4-6-8-13)11-14(18)17-10-9-16(3,19)12-17/h4-8,19H,9-12H2,1-3H3. The minimum Gasteiger partial charge on any atom is -0.388 e. The summed E-state index contributed by atoms with van der Waals surface area (Å²) in [4.78, 5) is 14.1. The molecule has 1 unspecified atom stereocenters. The molecule has 2 rings (SSSR count). The second-order valence-electron chi connectivity index (χ2n) is 6.49. The van der Waals surface area contributed by atoms with Gasteiger partial charge in [0.25, 0.3) is 0 Å². The van der Waals surface area contributed by atoms with Crippen LogP contribution in [0.25, 0.3) is 0 Å². The minimum atomic E-state index is -0.716. The van der Waals surface area contributed by atoms with Crippen molar-refractivity contribution in [2.75, 3.05) is 13.1 Å². The van der Waals surface area contributed by atoms with Crippen molar-refractivity contribution < 1.29 is 9.90 Å². The topological polar surface area (TPSA) is 40.5 Å². The molecule has 1 aromatic rings. The average molecular weight is 261 g/mol. The van der Waals surface area contributed by atoms with Crippen LogP contribution in [0.4, 0.5) is 0 Å². The zero-order chi connectivity index (χ0) is 14.1. The van der Waals surface area contributed by atoms with Gasteiger partial charge in [-0.2, -0.15) is 0 Å². The highest BCUT2D eigenvalue weighted by Crippen LogP contribution is 2.29. The lowest BCUT2D eigenvalue weighted by atomic mass is 9.81. The molecule has 0 bridgehead atoms. The van der Waals surface area contributed by atoms with E-state index < -0.39 is 5.60 Å². The van der Waals surface area contributed by atoms with E-state index in [1.165, 1.54) is 5.56 Å². The Labute approximate surface area is 115 Å². The normalized spacial score (nSPS) is 23.7. The average Bonchev–Trinajstić information content (AvgIpc) is 2.70. The highest BCUT2D eigenvalue weighted by atomic mass is 16.3. The molecule has 0 radical (unpaired) electrons. The van der Waals surface area contributed by atoms with Crippen molar-refractivity contribution in [1.82, 2.24) is 4.90 Å². The Morgan fingerprint density at radius 2 is 2.00 bits per heavy atom. The molecule has 0 aromatic heterocycles. The van der Waals surface area contributed by atoms with Crippen molar-refractivity contribution >= 4 is 5.91 Å². The van der Waals surface area contributed by atoms with Gasteiger partial charge in [-0.3, -0.25) is 4.79 Å². The molecule has 0 aliphatic carbocycles. The number of rotatable bonds is 3. The number of hydrogen-bond donors (Lipinski definition) is 1. The first-order valence-electron chi connectivity index (χ1n) is 6.86. The predicted octanol–water partition coefficient (Wildman–Crippen LogP) is 2.34. The lowest BCUT2D eigenvalue weighted by Gasteiger charge is -2.28. The van der Waals surface area contributed by atoms with Gasteiger partial charge in [-0.1, -0.05) is 44.2 Å². The molecule has 1 aliphatic rings. The Kier molecular flexibility index (Phi) is 3.68. The van der Waals surface area contributed by atoms with E-state index in [0.29, 0.717) is 25.9 Å². The third kappa shape index (κ3) is 3.35. The Morgan fingerprint density at radius 3 is 2.53 bits per heavy atom. The number of aliphatic hydroxyl groups is 1. The number of benzene rings is 1. The van der Waals surface area contributed by atoms with Crippen molar-refractivity contribution in [3.63, 3.8) is 0 Å². The third-order valence-electron chi connectivity index (χ3n) is 3.95. The maximum absolute atomic E-state index is 12.3. The summed E-state index contributed by atoms with van der Waals surface area (Å²) in [5, 5.41) is 9.94. The number of carbonyl (C=O) groups is 1. The van der Waals surface area contributed by atoms with E-state index in [1.807, 2.05) is 18.2 Å². The second kappa shape index (κ2) is 4.97. The van der Waals surface area contributed by atoms with Crippen molar-refractivity contribution in [2.45, 2.75) is 44.6 Å². The van der Waals surface area contributed by atoms with Gasteiger partial charge in [-0.05, 0) is 24.3 Å². The number of β-amino-alcohol motifs (C(OH)–C–C–N with tert-alkyl or cyclic N) is 1. The first-order chi connectivity index (χ1) is 8.80. The number of hydrogen-bond acceptors (Lipinski definition) is 2. The molecule has 1 aliphatic heterocycles. The van der Waals surface area contributed by atoms with Gasteiger partial charge in [0, 0.05) is 19.5 Å². The number of amides is 1. The van der Waals surface area contributed by atoms with Gasteiger partial charge < -0.3 is 10.0 Å². The Morgan fingerprint density at radius 1 is 1.37 bits per heavy atom. The molecule has 1 N–H and O–H groups in total. The van der Waals surface area contributed by atoms with E-state index in [2.05, 4.69) is 26.0 Å². The van der Waals surface area contributed by atoms with Gasteiger partial charge in [-0.15, -0.1) is 0 Å². The largest absolute Gasteiger partial charge is 0.388 e. The summed E-state index contributed by atoms with van der Waals surface area (Å²) >= 11 is 0. The van der Waals surface area contributed by atoms with Crippen LogP contribution < -0.4 is 0 Å². The lowest BCUT2D eigenvalue weighted by molar-refractivity contribution is -0.132. The molecule has 1 heterocycles. The van der Waals surface area contributed by atoms with Crippen molar-refractivity contribution in [3.05, 3.63) is 35.9 Å². The maximum Gasteiger partial charge on any atom is 0.223 e. The molecule has 19 heavy (non-hydrogen) atoms. The summed E-state index contributed by atoms with van der Waals surface area (Å²) in [5.74, 6) is 0.131. The summed E-state index contributed by atoms with van der Waals surface area (Å²) in [6.07, 6.45) is 1.15. The predicted molar refractivity (Wildman–Crippen MR) is 75.9 cm³/mol. The first kappa shape index (κ1) is 14.1. The maximum atomic E-state index is 12.3. The Balaban J connectivity index is 2.03. The van der Waals surface area contributed by atoms with Crippen LogP contribution >= 0.6 is 0 Å². The summed E-state index contributed by atoms with van der Waals surface area (Å²) in [6.45, 7) is 7.10. The third-order valence-corrected chi connectivity index (χ3v) is 3.95. The molecule has 3 heteroatoms. The van der Waals surface area contributed by atoms with E-state index in [4.69, 9.17) is 0 Å². The van der Waals surface area contributed by atoms with Crippen LogP contribution in [0, 0.1) is 0 Å². The fourth-order valence-corrected chi connectivity index (χ4v) is 2.64. The van der Waals surface area contributed by atoms with Gasteiger partial charge in [0.05, 0.1) is 5.60 Å². The van der Waals surface area contributed by atoms with Crippen LogP contribution in [0.1, 0.15) is 39.2 Å². The molecular formula is C16H23NO2. The summed E-state index contributed by atoms with van der Waals surface area (Å²) in [5.41, 5.74) is 0.286. The summed E-state index contributed by atoms with van der Waals surface area (Å²) in [6, 6.07) is 10.1. The molecule has 0 spiro atoms. The number of carbonyl (C=O) groups excluding carboxylic acids is 1. The lowest BCUT2D eigenvalue weighted by Crippen LogP contribution is -2.37. The Hall–Kier alpha value is -1.35. The van der Waals surface area contributed by atoms with E-state index in [-0.39, 0.29) is 11.3 Å². The van der Waals surface area contributed by atoms with Gasteiger partial charge in [0.2, 0.25) is 5.91 Å². The minimum absolute atomic E-state index is 0.131. The molecule has 0 saturated carbocycles. The van der Waals surface area contributed by atoms with Gasteiger partial charge in [0.15, 0.2) is 0 Å². The van der Waals surface area contributed by atoms with Crippen molar-refractivity contribution in [3.8, 4) is 0 Å². The fraction of sp³-hybridized carbons (Fsp3) is 0.562. The summed E-state index contributed by atoms with van der Waals surface area (Å²) < 4.78 is 0. The highest BCUT2D eigenvalue weighted by molar-refractivity contribution is 5.78. The SMILES string of the molecule is CC1(O)CCN(C(=O)CC(C)(C)c2ccccc2)C1. The monoisotopic (exact) mass is 261 g/mol. The van der Waals surface area contributed by atoms with Crippen LogP contribution in [-0.4, -0.2) is 34.6 Å². The van der Waals surface area contributed by atoms with E-state index in [1.54, 1.807) is 11.8 Å². The molecule has 1 atom stereocenters. The zero-order valence-electron chi connectivity index (χ0n) is 12.0. The zero-order valence-corrected chi connectivity index (χ0v) is 12.0. The Bertz CT molecular complexity index is 451. The van der Waals surface area contributed by atoms with Crippen LogP contribution in [-0.2, 0) is 10.2 Å². The molecule has 1 amide bonds. The molecular weight excluding hydrogens is 238 g/mol. The molecule has 1 aromatic carbocycles. The van der Waals surface area contributed by atoms with Gasteiger partial charge >= 0.3 is 0 Å². The van der Waals surface area contributed by atoms with Crippen LogP contribution in [0.5, 0.6) is 0 Å². The van der Waals surface area contributed by atoms with Crippen LogP contribution in [0.2, 0.25) is 0 Å². The van der Waals surface area contributed by atoms with Crippen molar-refractivity contribution in [2.24, 2.45) is 0 Å².